The van der Waals surface area contributed by atoms with Crippen LogP contribution in [-0.2, 0) is 14.4 Å². The van der Waals surface area contributed by atoms with Crippen molar-refractivity contribution in [2.75, 3.05) is 19.7 Å². The number of hydrogen-bond donors (Lipinski definition) is 1. The minimum Gasteiger partial charge on any atom is -0.486 e. The van der Waals surface area contributed by atoms with Crippen molar-refractivity contribution in [3.63, 3.8) is 0 Å². The Morgan fingerprint density at radius 2 is 1.92 bits per heavy atom. The van der Waals surface area contributed by atoms with E-state index in [-0.39, 0.29) is 18.1 Å². The zero-order chi connectivity index (χ0) is 25.7. The van der Waals surface area contributed by atoms with Crippen LogP contribution in [0.15, 0.2) is 54.6 Å². The molecule has 8 nitrogen and oxygen atoms in total. The fourth-order valence-electron chi connectivity index (χ4n) is 5.16. The predicted molar refractivity (Wildman–Crippen MR) is 137 cm³/mol. The lowest BCUT2D eigenvalue weighted by atomic mass is 9.84. The molecule has 2 saturated heterocycles. The first-order valence-corrected chi connectivity index (χ1v) is 13.0. The largest absolute Gasteiger partial charge is 0.486 e. The van der Waals surface area contributed by atoms with E-state index in [0.717, 1.165) is 31.2 Å². The number of nitrogens with one attached hydrogen (secondary N) is 1. The Morgan fingerprint density at radius 1 is 1.05 bits per heavy atom. The van der Waals surface area contributed by atoms with Crippen molar-refractivity contribution in [1.82, 2.24) is 10.4 Å². The van der Waals surface area contributed by atoms with Gasteiger partial charge in [-0.3, -0.25) is 14.4 Å². The Hall–Kier alpha value is -3.49. The molecule has 0 bridgehead atoms. The number of carbonyl (C=O) groups is 3. The van der Waals surface area contributed by atoms with Crippen LogP contribution in [0.4, 0.5) is 0 Å². The molecule has 3 aliphatic rings. The Morgan fingerprint density at radius 3 is 2.73 bits per heavy atom. The predicted octanol–water partition coefficient (Wildman–Crippen LogP) is 4.30. The first kappa shape index (κ1) is 25.2. The summed E-state index contributed by atoms with van der Waals surface area (Å²) in [6.07, 6.45) is 7.70. The maximum Gasteiger partial charge on any atom is 0.267 e. The van der Waals surface area contributed by atoms with E-state index in [9.17, 15) is 14.4 Å². The normalized spacial score (nSPS) is 23.8. The van der Waals surface area contributed by atoms with E-state index in [1.165, 1.54) is 6.08 Å². The number of carbonyl (C=O) groups excluding carboxylic acids is 3. The van der Waals surface area contributed by atoms with Gasteiger partial charge in [0.1, 0.15) is 11.4 Å². The molecule has 2 amide bonds. The van der Waals surface area contributed by atoms with Gasteiger partial charge in [0.15, 0.2) is 12.1 Å². The number of ketones is 1. The summed E-state index contributed by atoms with van der Waals surface area (Å²) in [5.74, 6) is 0.179. The van der Waals surface area contributed by atoms with Crippen LogP contribution in [0, 0.1) is 0 Å². The topological polar surface area (TPSA) is 94.2 Å². The smallest absolute Gasteiger partial charge is 0.267 e. The van der Waals surface area contributed by atoms with Crippen LogP contribution < -0.4 is 10.2 Å². The maximum absolute atomic E-state index is 13.2. The van der Waals surface area contributed by atoms with Crippen molar-refractivity contribution in [3.05, 3.63) is 71.3 Å². The van der Waals surface area contributed by atoms with Crippen molar-refractivity contribution in [2.24, 2.45) is 0 Å². The molecule has 3 aliphatic heterocycles. The quantitative estimate of drug-likeness (QED) is 0.482. The molecule has 2 unspecified atom stereocenters. The summed E-state index contributed by atoms with van der Waals surface area (Å²) in [4.78, 5) is 45.4. The molecule has 5 rings (SSSR count). The molecular weight excluding hydrogens is 472 g/mol. The molecule has 3 heterocycles. The van der Waals surface area contributed by atoms with E-state index in [0.29, 0.717) is 49.4 Å². The first-order chi connectivity index (χ1) is 18.0. The van der Waals surface area contributed by atoms with Crippen LogP contribution in [0.1, 0.15) is 71.2 Å². The average molecular weight is 505 g/mol. The number of hydroxylamine groups is 1. The summed E-state index contributed by atoms with van der Waals surface area (Å²) >= 11 is 0. The molecule has 0 aliphatic carbocycles. The van der Waals surface area contributed by atoms with Crippen LogP contribution in [0.3, 0.4) is 0 Å². The Bertz CT molecular complexity index is 1170. The van der Waals surface area contributed by atoms with Crippen LogP contribution in [-0.4, -0.2) is 54.1 Å². The van der Waals surface area contributed by atoms with Gasteiger partial charge in [-0.05, 0) is 61.6 Å². The van der Waals surface area contributed by atoms with Crippen molar-refractivity contribution < 1.29 is 28.7 Å². The lowest BCUT2D eigenvalue weighted by Crippen LogP contribution is -2.43. The second-order valence-electron chi connectivity index (χ2n) is 9.87. The van der Waals surface area contributed by atoms with E-state index in [1.54, 1.807) is 18.2 Å². The summed E-state index contributed by atoms with van der Waals surface area (Å²) < 4.78 is 11.9. The number of nitrogens with zero attached hydrogens (tertiary/aromatic N) is 1. The minimum atomic E-state index is -0.606. The molecule has 194 valence electrons. The van der Waals surface area contributed by atoms with Crippen molar-refractivity contribution in [3.8, 4) is 5.75 Å². The zero-order valence-corrected chi connectivity index (χ0v) is 20.8. The van der Waals surface area contributed by atoms with Crippen molar-refractivity contribution >= 4 is 23.7 Å². The monoisotopic (exact) mass is 504 g/mol. The van der Waals surface area contributed by atoms with E-state index in [4.69, 9.17) is 14.3 Å². The summed E-state index contributed by atoms with van der Waals surface area (Å²) in [5.41, 5.74) is 3.69. The second kappa shape index (κ2) is 11.3. The lowest BCUT2D eigenvalue weighted by molar-refractivity contribution is -0.198. The van der Waals surface area contributed by atoms with Gasteiger partial charge < -0.3 is 14.4 Å². The van der Waals surface area contributed by atoms with E-state index in [1.807, 2.05) is 41.3 Å². The number of Topliss-reactive ketones (excluding diaryl/α,β-unsaturated/α-hetero) is 1. The summed E-state index contributed by atoms with van der Waals surface area (Å²) in [5, 5.41) is 0. The molecule has 1 spiro atoms. The third-order valence-corrected chi connectivity index (χ3v) is 7.17. The Labute approximate surface area is 216 Å². The fraction of sp³-hybridized carbons (Fsp3) is 0.414. The molecule has 2 aromatic carbocycles. The van der Waals surface area contributed by atoms with Gasteiger partial charge in [0.05, 0.1) is 12.0 Å². The van der Waals surface area contributed by atoms with Crippen LogP contribution >= 0.6 is 0 Å². The second-order valence-corrected chi connectivity index (χ2v) is 9.87. The van der Waals surface area contributed by atoms with E-state index >= 15 is 0 Å². The van der Waals surface area contributed by atoms with Crippen LogP contribution in [0.2, 0.25) is 0 Å². The molecule has 8 heteroatoms. The highest BCUT2D eigenvalue weighted by Crippen LogP contribution is 2.40. The minimum absolute atomic E-state index is 0.0114. The molecule has 2 atom stereocenters. The van der Waals surface area contributed by atoms with Gasteiger partial charge >= 0.3 is 0 Å². The molecule has 37 heavy (non-hydrogen) atoms. The third-order valence-electron chi connectivity index (χ3n) is 7.17. The first-order valence-electron chi connectivity index (χ1n) is 13.0. The highest BCUT2D eigenvalue weighted by Gasteiger charge is 2.42. The van der Waals surface area contributed by atoms with Crippen LogP contribution in [0.5, 0.6) is 5.75 Å². The van der Waals surface area contributed by atoms with E-state index in [2.05, 4.69) is 5.48 Å². The lowest BCUT2D eigenvalue weighted by Gasteiger charge is -2.37. The van der Waals surface area contributed by atoms with Gasteiger partial charge in [0, 0.05) is 44.2 Å². The standard InChI is InChI=1S/C29H32N2O6/c32-24-20-29(14-6-16-31(17-15-29)28(34)22-7-2-1-3-8-22)36-25-12-10-21(19-23(24)25)11-13-26(33)30-37-27-9-4-5-18-35-27/h1-3,7-8,10-13,19,27H,4-6,9,14-18,20H2,(H,30,33). The van der Waals surface area contributed by atoms with Crippen molar-refractivity contribution in [2.45, 2.75) is 56.8 Å². The van der Waals surface area contributed by atoms with Gasteiger partial charge in [-0.15, -0.1) is 0 Å². The zero-order valence-electron chi connectivity index (χ0n) is 20.8. The number of benzene rings is 2. The SMILES string of the molecule is O=C(C=Cc1ccc2c(c1)C(=O)CC1(CCCN(C(=O)c3ccccc3)CC1)O2)NOC1CCCCO1. The van der Waals surface area contributed by atoms with Gasteiger partial charge in [-0.2, -0.15) is 0 Å². The maximum atomic E-state index is 13.2. The molecular formula is C29H32N2O6. The number of hydrogen-bond acceptors (Lipinski definition) is 6. The fourth-order valence-corrected chi connectivity index (χ4v) is 5.16. The Kier molecular flexibility index (Phi) is 7.67. The summed E-state index contributed by atoms with van der Waals surface area (Å²) in [6, 6.07) is 14.6. The number of ether oxygens (including phenoxy) is 2. The van der Waals surface area contributed by atoms with Crippen molar-refractivity contribution in [1.29, 1.82) is 0 Å². The number of fused-ring (bicyclic) bond motifs is 1. The van der Waals surface area contributed by atoms with Gasteiger partial charge in [-0.1, -0.05) is 24.3 Å². The molecule has 1 N–H and O–H groups in total. The van der Waals surface area contributed by atoms with Gasteiger partial charge in [0.2, 0.25) is 0 Å². The highest BCUT2D eigenvalue weighted by molar-refractivity contribution is 6.01. The highest BCUT2D eigenvalue weighted by atomic mass is 16.8. The van der Waals surface area contributed by atoms with Gasteiger partial charge in [-0.25, -0.2) is 10.3 Å². The molecule has 0 radical (unpaired) electrons. The number of amides is 2. The summed E-state index contributed by atoms with van der Waals surface area (Å²) in [7, 11) is 0. The number of rotatable bonds is 5. The summed E-state index contributed by atoms with van der Waals surface area (Å²) in [6.45, 7) is 1.81. The average Bonchev–Trinajstić information content (AvgIpc) is 3.13. The molecule has 2 fully saturated rings. The third kappa shape index (κ3) is 6.09. The van der Waals surface area contributed by atoms with Crippen LogP contribution in [0.25, 0.3) is 6.08 Å². The molecule has 0 aromatic heterocycles. The number of likely N-dealkylation sites (tertiary alicyclic amines) is 1. The Balaban J connectivity index is 1.20. The van der Waals surface area contributed by atoms with Gasteiger partial charge in [0.25, 0.3) is 11.8 Å². The molecule has 0 saturated carbocycles. The van der Waals surface area contributed by atoms with E-state index < -0.39 is 17.8 Å². The molecule has 2 aromatic rings.